The third-order valence-corrected chi connectivity index (χ3v) is 4.15. The van der Waals surface area contributed by atoms with Crippen LogP contribution in [0.5, 0.6) is 0 Å². The van der Waals surface area contributed by atoms with E-state index in [1.165, 1.54) is 0 Å². The van der Waals surface area contributed by atoms with E-state index in [0.29, 0.717) is 10.7 Å². The number of carbonyl (C=O) groups excluding carboxylic acids is 1. The fourth-order valence-corrected chi connectivity index (χ4v) is 2.66. The Hall–Kier alpha value is -0.0500. The van der Waals surface area contributed by atoms with E-state index in [9.17, 15) is 4.79 Å². The summed E-state index contributed by atoms with van der Waals surface area (Å²) in [5.41, 5.74) is 0.0665. The predicted molar refractivity (Wildman–Crippen MR) is 55.9 cm³/mol. The maximum absolute atomic E-state index is 12.0. The van der Waals surface area contributed by atoms with E-state index < -0.39 is 0 Å². The molecule has 1 saturated heterocycles. The van der Waals surface area contributed by atoms with Crippen LogP contribution in [0.1, 0.15) is 32.6 Å². The van der Waals surface area contributed by atoms with Crippen molar-refractivity contribution < 1.29 is 4.79 Å². The number of rotatable bonds is 2. The Labute approximate surface area is 87.8 Å². The summed E-state index contributed by atoms with van der Waals surface area (Å²) in [6, 6.07) is 0. The number of likely N-dealkylation sites (tertiary alicyclic amines) is 1. The molecule has 0 N–H and O–H groups in total. The average Bonchev–Trinajstić information content (AvgIpc) is 2.82. The Kier molecular flexibility index (Phi) is 2.39. The van der Waals surface area contributed by atoms with Gasteiger partial charge in [0.25, 0.3) is 0 Å². The number of carbonyl (C=O) groups is 1. The summed E-state index contributed by atoms with van der Waals surface area (Å²) in [5, 5.41) is 0. The number of hydrogen-bond donors (Lipinski definition) is 0. The third kappa shape index (κ3) is 1.63. The lowest BCUT2D eigenvalue weighted by Crippen LogP contribution is -2.35. The minimum absolute atomic E-state index is 0.0665. The molecule has 2 rings (SSSR count). The van der Waals surface area contributed by atoms with Crippen molar-refractivity contribution in [3.8, 4) is 0 Å². The Morgan fingerprint density at radius 1 is 1.62 bits per heavy atom. The number of halogens is 1. The normalized spacial score (nSPS) is 30.6. The lowest BCUT2D eigenvalue weighted by molar-refractivity contribution is -0.136. The van der Waals surface area contributed by atoms with E-state index in [-0.39, 0.29) is 5.41 Å². The second-order valence-electron chi connectivity index (χ2n) is 4.27. The molecule has 1 heterocycles. The molecule has 2 nitrogen and oxygen atoms in total. The third-order valence-electron chi connectivity index (χ3n) is 3.40. The Balaban J connectivity index is 1.98. The maximum Gasteiger partial charge on any atom is 0.228 e. The molecule has 3 heteroatoms. The minimum Gasteiger partial charge on any atom is -0.341 e. The quantitative estimate of drug-likeness (QED) is 0.684. The van der Waals surface area contributed by atoms with E-state index in [0.717, 1.165) is 38.8 Å². The van der Waals surface area contributed by atoms with Crippen LogP contribution >= 0.6 is 15.9 Å². The second kappa shape index (κ2) is 3.26. The molecular weight excluding hydrogens is 230 g/mol. The van der Waals surface area contributed by atoms with Crippen molar-refractivity contribution in [2.75, 3.05) is 13.1 Å². The van der Waals surface area contributed by atoms with Crippen molar-refractivity contribution in [1.29, 1.82) is 0 Å². The molecule has 0 bridgehead atoms. The van der Waals surface area contributed by atoms with Gasteiger partial charge in [0, 0.05) is 23.3 Å². The average molecular weight is 246 g/mol. The molecule has 0 spiro atoms. The zero-order chi connectivity index (χ0) is 9.47. The molecule has 0 aromatic heterocycles. The van der Waals surface area contributed by atoms with Crippen LogP contribution in [0.4, 0.5) is 0 Å². The highest BCUT2D eigenvalue weighted by Gasteiger charge is 2.50. The van der Waals surface area contributed by atoms with Gasteiger partial charge in [0.05, 0.1) is 0 Å². The van der Waals surface area contributed by atoms with E-state index in [1.807, 2.05) is 4.90 Å². The summed E-state index contributed by atoms with van der Waals surface area (Å²) in [6.07, 6.45) is 4.37. The van der Waals surface area contributed by atoms with E-state index in [2.05, 4.69) is 22.9 Å². The lowest BCUT2D eigenvalue weighted by Gasteiger charge is -2.21. The van der Waals surface area contributed by atoms with Gasteiger partial charge in [0.15, 0.2) is 0 Å². The number of hydrogen-bond acceptors (Lipinski definition) is 1. The fourth-order valence-electron chi connectivity index (χ4n) is 2.11. The number of nitrogens with zero attached hydrogens (tertiary/aromatic N) is 1. The predicted octanol–water partition coefficient (Wildman–Crippen LogP) is 2.17. The summed E-state index contributed by atoms with van der Waals surface area (Å²) in [6.45, 7) is 4.00. The highest BCUT2D eigenvalue weighted by Crippen LogP contribution is 2.50. The van der Waals surface area contributed by atoms with Gasteiger partial charge in [0.2, 0.25) is 5.91 Å². The van der Waals surface area contributed by atoms with Crippen LogP contribution in [0.25, 0.3) is 0 Å². The monoisotopic (exact) mass is 245 g/mol. The zero-order valence-electron chi connectivity index (χ0n) is 8.05. The highest BCUT2D eigenvalue weighted by atomic mass is 79.9. The van der Waals surface area contributed by atoms with Crippen LogP contribution in [0.2, 0.25) is 0 Å². The van der Waals surface area contributed by atoms with Gasteiger partial charge in [-0.05, 0) is 25.7 Å². The summed E-state index contributed by atoms with van der Waals surface area (Å²) < 4.78 is 0. The number of amides is 1. The molecule has 2 fully saturated rings. The Morgan fingerprint density at radius 2 is 2.31 bits per heavy atom. The van der Waals surface area contributed by atoms with Gasteiger partial charge >= 0.3 is 0 Å². The van der Waals surface area contributed by atoms with Gasteiger partial charge in [-0.15, -0.1) is 0 Å². The van der Waals surface area contributed by atoms with Crippen LogP contribution in [0.3, 0.4) is 0 Å². The van der Waals surface area contributed by atoms with E-state index in [1.54, 1.807) is 0 Å². The molecule has 74 valence electrons. The molecule has 2 aliphatic rings. The zero-order valence-corrected chi connectivity index (χ0v) is 9.64. The van der Waals surface area contributed by atoms with Gasteiger partial charge in [-0.3, -0.25) is 4.79 Å². The first-order chi connectivity index (χ1) is 6.18. The van der Waals surface area contributed by atoms with Crippen molar-refractivity contribution in [2.24, 2.45) is 5.41 Å². The minimum atomic E-state index is 0.0665. The van der Waals surface area contributed by atoms with E-state index in [4.69, 9.17) is 0 Å². The SMILES string of the molecule is CCC1(C(=O)N2CCC(Br)C2)CC1. The molecule has 0 aromatic carbocycles. The molecule has 0 radical (unpaired) electrons. The van der Waals surface area contributed by atoms with E-state index >= 15 is 0 Å². The van der Waals surface area contributed by atoms with Crippen LogP contribution < -0.4 is 0 Å². The second-order valence-corrected chi connectivity index (χ2v) is 5.57. The van der Waals surface area contributed by atoms with Crippen LogP contribution in [-0.4, -0.2) is 28.7 Å². The van der Waals surface area contributed by atoms with Crippen molar-refractivity contribution in [3.63, 3.8) is 0 Å². The summed E-state index contributed by atoms with van der Waals surface area (Å²) in [4.78, 5) is 14.6. The largest absolute Gasteiger partial charge is 0.341 e. The molecule has 1 aliphatic carbocycles. The van der Waals surface area contributed by atoms with Crippen molar-refractivity contribution in [1.82, 2.24) is 4.90 Å². The van der Waals surface area contributed by atoms with Gasteiger partial charge in [0.1, 0.15) is 0 Å². The lowest BCUT2D eigenvalue weighted by atomic mass is 10.0. The maximum atomic E-state index is 12.0. The fraction of sp³-hybridized carbons (Fsp3) is 0.900. The van der Waals surface area contributed by atoms with Crippen LogP contribution in [-0.2, 0) is 4.79 Å². The molecule has 1 amide bonds. The summed E-state index contributed by atoms with van der Waals surface area (Å²) in [5.74, 6) is 0.414. The summed E-state index contributed by atoms with van der Waals surface area (Å²) in [7, 11) is 0. The van der Waals surface area contributed by atoms with Crippen molar-refractivity contribution >= 4 is 21.8 Å². The molecule has 1 atom stereocenters. The van der Waals surface area contributed by atoms with Gasteiger partial charge < -0.3 is 4.90 Å². The first-order valence-corrected chi connectivity index (χ1v) is 6.03. The Morgan fingerprint density at radius 3 is 2.69 bits per heavy atom. The molecule has 1 saturated carbocycles. The first-order valence-electron chi connectivity index (χ1n) is 5.11. The van der Waals surface area contributed by atoms with Crippen LogP contribution in [0, 0.1) is 5.41 Å². The van der Waals surface area contributed by atoms with Crippen LogP contribution in [0.15, 0.2) is 0 Å². The smallest absolute Gasteiger partial charge is 0.228 e. The molecule has 13 heavy (non-hydrogen) atoms. The first kappa shape index (κ1) is 9.50. The standard InChI is InChI=1S/C10H16BrNO/c1-2-10(4-5-10)9(13)12-6-3-8(11)7-12/h8H,2-7H2,1H3. The highest BCUT2D eigenvalue weighted by molar-refractivity contribution is 9.09. The van der Waals surface area contributed by atoms with Gasteiger partial charge in [-0.1, -0.05) is 22.9 Å². The molecular formula is C10H16BrNO. The number of alkyl halides is 1. The van der Waals surface area contributed by atoms with Gasteiger partial charge in [-0.2, -0.15) is 0 Å². The van der Waals surface area contributed by atoms with Crippen molar-refractivity contribution in [3.05, 3.63) is 0 Å². The summed E-state index contributed by atoms with van der Waals surface area (Å²) >= 11 is 3.56. The van der Waals surface area contributed by atoms with Gasteiger partial charge in [-0.25, -0.2) is 0 Å². The topological polar surface area (TPSA) is 20.3 Å². The molecule has 0 aromatic rings. The molecule has 1 unspecified atom stereocenters. The Bertz CT molecular complexity index is 225. The van der Waals surface area contributed by atoms with Crippen molar-refractivity contribution in [2.45, 2.75) is 37.4 Å². The molecule has 1 aliphatic heterocycles.